The molecule has 3 heterocycles. The molecule has 206 valence electrons. The number of rotatable bonds is 3. The molecule has 10 rings (SSSR count). The van der Waals surface area contributed by atoms with E-state index in [1.807, 2.05) is 34.0 Å². The highest BCUT2D eigenvalue weighted by Crippen LogP contribution is 2.46. The Labute approximate surface area is 265 Å². The van der Waals surface area contributed by atoms with Crippen molar-refractivity contribution in [3.05, 3.63) is 140 Å². The molecule has 0 aliphatic carbocycles. The highest BCUT2D eigenvalue weighted by atomic mass is 32.1. The van der Waals surface area contributed by atoms with Crippen molar-refractivity contribution >= 4 is 122 Å². The van der Waals surface area contributed by atoms with Crippen LogP contribution in [0.15, 0.2) is 140 Å². The first kappa shape index (κ1) is 24.7. The number of benzene rings is 7. The lowest BCUT2D eigenvalue weighted by Gasteiger charge is -2.25. The summed E-state index contributed by atoms with van der Waals surface area (Å²) in [6, 6.07) is 51.5. The van der Waals surface area contributed by atoms with E-state index in [9.17, 15) is 0 Å². The van der Waals surface area contributed by atoms with Gasteiger partial charge in [-0.2, -0.15) is 0 Å². The topological polar surface area (TPSA) is 3.24 Å². The third kappa shape index (κ3) is 3.56. The van der Waals surface area contributed by atoms with E-state index in [1.165, 1.54) is 82.7 Å². The van der Waals surface area contributed by atoms with Gasteiger partial charge in [-0.25, -0.2) is 0 Å². The fraction of sp³-hybridized carbons (Fsp3) is 0. The summed E-state index contributed by atoms with van der Waals surface area (Å²) in [6.45, 7) is 0. The highest BCUT2D eigenvalue weighted by Gasteiger charge is 2.18. The van der Waals surface area contributed by atoms with Crippen molar-refractivity contribution in [1.82, 2.24) is 0 Å². The Morgan fingerprint density at radius 1 is 0.295 bits per heavy atom. The van der Waals surface area contributed by atoms with Crippen LogP contribution < -0.4 is 4.90 Å². The van der Waals surface area contributed by atoms with E-state index in [-0.39, 0.29) is 0 Å². The van der Waals surface area contributed by atoms with Crippen molar-refractivity contribution in [3.8, 4) is 0 Å². The van der Waals surface area contributed by atoms with E-state index >= 15 is 0 Å². The Bertz CT molecular complexity index is 2730. The predicted octanol–water partition coefficient (Wildman–Crippen LogP) is 13.4. The predicted molar refractivity (Wildman–Crippen MR) is 197 cm³/mol. The normalized spacial score (nSPS) is 12.1. The van der Waals surface area contributed by atoms with E-state index in [1.54, 1.807) is 0 Å². The minimum absolute atomic E-state index is 1.16. The second-order valence-corrected chi connectivity index (χ2v) is 14.5. The van der Waals surface area contributed by atoms with Crippen LogP contribution in [0.5, 0.6) is 0 Å². The fourth-order valence-corrected chi connectivity index (χ4v) is 10.5. The summed E-state index contributed by atoms with van der Waals surface area (Å²) in [5.41, 5.74) is 3.51. The molecule has 0 unspecified atom stereocenters. The molecule has 0 radical (unpaired) electrons. The van der Waals surface area contributed by atoms with Gasteiger partial charge in [0.2, 0.25) is 0 Å². The first-order valence-corrected chi connectivity index (χ1v) is 17.2. The average Bonchev–Trinajstić information content (AvgIpc) is 3.76. The molecule has 3 aromatic heterocycles. The molecular formula is C40H23NS3. The van der Waals surface area contributed by atoms with Gasteiger partial charge in [0.25, 0.3) is 0 Å². The van der Waals surface area contributed by atoms with Gasteiger partial charge in [-0.05, 0) is 48.5 Å². The summed E-state index contributed by atoms with van der Waals surface area (Å²) < 4.78 is 8.06. The number of anilines is 3. The van der Waals surface area contributed by atoms with E-state index in [4.69, 9.17) is 0 Å². The number of para-hydroxylation sites is 1. The summed E-state index contributed by atoms with van der Waals surface area (Å²) in [5.74, 6) is 0. The molecule has 0 saturated carbocycles. The van der Waals surface area contributed by atoms with E-state index in [0.29, 0.717) is 0 Å². The Balaban J connectivity index is 1.17. The maximum absolute atomic E-state index is 2.40. The first-order chi connectivity index (χ1) is 21.8. The molecule has 0 bridgehead atoms. The molecule has 0 amide bonds. The number of hydrogen-bond acceptors (Lipinski definition) is 4. The van der Waals surface area contributed by atoms with Crippen molar-refractivity contribution in [2.45, 2.75) is 0 Å². The third-order valence-corrected chi connectivity index (χ3v) is 12.4. The Morgan fingerprint density at radius 2 is 0.705 bits per heavy atom. The molecule has 1 nitrogen and oxygen atoms in total. The Hall–Kier alpha value is -4.74. The minimum atomic E-state index is 1.16. The van der Waals surface area contributed by atoms with Gasteiger partial charge in [-0.15, -0.1) is 34.0 Å². The van der Waals surface area contributed by atoms with Crippen LogP contribution in [-0.2, 0) is 0 Å². The van der Waals surface area contributed by atoms with E-state index < -0.39 is 0 Å². The molecular weight excluding hydrogens is 591 g/mol. The number of hydrogen-bond donors (Lipinski definition) is 0. The van der Waals surface area contributed by atoms with Crippen LogP contribution in [0.1, 0.15) is 0 Å². The Morgan fingerprint density at radius 3 is 1.34 bits per heavy atom. The SMILES string of the molecule is c1ccc(N(c2ccc3c(c2)sc2ccccc23)c2ccc3c(c2)sc2c3ccc3c2ccc2c4ccccc4sc23)cc1. The van der Waals surface area contributed by atoms with Crippen LogP contribution in [0.25, 0.3) is 71.3 Å². The summed E-state index contributed by atoms with van der Waals surface area (Å²) in [4.78, 5) is 2.40. The summed E-state index contributed by atoms with van der Waals surface area (Å²) in [7, 11) is 0. The minimum Gasteiger partial charge on any atom is -0.310 e. The van der Waals surface area contributed by atoms with Crippen LogP contribution in [0, 0.1) is 0 Å². The van der Waals surface area contributed by atoms with E-state index in [2.05, 4.69) is 144 Å². The number of thiophene rings is 3. The molecule has 0 atom stereocenters. The number of nitrogens with zero attached hydrogens (tertiary/aromatic N) is 1. The molecule has 0 spiro atoms. The van der Waals surface area contributed by atoms with Crippen LogP contribution in [0.2, 0.25) is 0 Å². The summed E-state index contributed by atoms with van der Waals surface area (Å²) >= 11 is 5.69. The van der Waals surface area contributed by atoms with Gasteiger partial charge in [0.05, 0.1) is 0 Å². The van der Waals surface area contributed by atoms with Crippen LogP contribution in [0.3, 0.4) is 0 Å². The smallest absolute Gasteiger partial charge is 0.0476 e. The molecule has 0 fully saturated rings. The van der Waals surface area contributed by atoms with Gasteiger partial charge in [0.15, 0.2) is 0 Å². The molecule has 10 aromatic rings. The van der Waals surface area contributed by atoms with Gasteiger partial charge in [-0.1, -0.05) is 91.0 Å². The Kier molecular flexibility index (Phi) is 5.26. The summed E-state index contributed by atoms with van der Waals surface area (Å²) in [5, 5.41) is 10.7. The molecule has 44 heavy (non-hydrogen) atoms. The van der Waals surface area contributed by atoms with Crippen molar-refractivity contribution in [1.29, 1.82) is 0 Å². The standard InChI is InChI=1S/C40H23NS3/c1-2-8-24(9-3-1)41(25-14-16-29-27-10-4-6-12-35(27)42-37(29)22-25)26-15-17-30-32-19-21-33-34(40(32)44-38(30)23-26)20-18-31-28-11-5-7-13-36(28)43-39(31)33/h1-23H. The van der Waals surface area contributed by atoms with E-state index in [0.717, 1.165) is 5.69 Å². The average molecular weight is 614 g/mol. The first-order valence-electron chi connectivity index (χ1n) is 14.8. The van der Waals surface area contributed by atoms with Crippen molar-refractivity contribution in [2.24, 2.45) is 0 Å². The lowest BCUT2D eigenvalue weighted by molar-refractivity contribution is 1.30. The zero-order valence-corrected chi connectivity index (χ0v) is 25.9. The fourth-order valence-electron chi connectivity index (χ4n) is 6.83. The number of fused-ring (bicyclic) bond motifs is 12. The van der Waals surface area contributed by atoms with Crippen molar-refractivity contribution < 1.29 is 0 Å². The zero-order chi connectivity index (χ0) is 28.8. The lowest BCUT2D eigenvalue weighted by atomic mass is 10.0. The third-order valence-electron chi connectivity index (χ3n) is 8.85. The molecule has 0 saturated heterocycles. The van der Waals surface area contributed by atoms with Gasteiger partial charge in [0, 0.05) is 88.4 Å². The van der Waals surface area contributed by atoms with Gasteiger partial charge >= 0.3 is 0 Å². The maximum atomic E-state index is 2.40. The second-order valence-electron chi connectivity index (χ2n) is 11.3. The second kappa shape index (κ2) is 9.38. The van der Waals surface area contributed by atoms with Gasteiger partial charge in [-0.3, -0.25) is 0 Å². The van der Waals surface area contributed by atoms with Crippen molar-refractivity contribution in [2.75, 3.05) is 4.90 Å². The maximum Gasteiger partial charge on any atom is 0.0476 e. The lowest BCUT2D eigenvalue weighted by Crippen LogP contribution is -2.09. The van der Waals surface area contributed by atoms with Crippen LogP contribution in [-0.4, -0.2) is 0 Å². The van der Waals surface area contributed by atoms with Gasteiger partial charge in [0.1, 0.15) is 0 Å². The molecule has 0 aliphatic heterocycles. The largest absolute Gasteiger partial charge is 0.310 e. The summed E-state index contributed by atoms with van der Waals surface area (Å²) in [6.07, 6.45) is 0. The van der Waals surface area contributed by atoms with Crippen LogP contribution >= 0.6 is 34.0 Å². The molecule has 4 heteroatoms. The van der Waals surface area contributed by atoms with Crippen LogP contribution in [0.4, 0.5) is 17.1 Å². The van der Waals surface area contributed by atoms with Gasteiger partial charge < -0.3 is 4.90 Å². The quantitative estimate of drug-likeness (QED) is 0.192. The van der Waals surface area contributed by atoms with Crippen molar-refractivity contribution in [3.63, 3.8) is 0 Å². The molecule has 0 aliphatic rings. The highest BCUT2D eigenvalue weighted by molar-refractivity contribution is 7.28. The zero-order valence-electron chi connectivity index (χ0n) is 23.5. The molecule has 7 aromatic carbocycles. The monoisotopic (exact) mass is 613 g/mol. The molecule has 0 N–H and O–H groups in total.